The highest BCUT2D eigenvalue weighted by atomic mass is 32.2. The van der Waals surface area contributed by atoms with Crippen LogP contribution in [0.5, 0.6) is 0 Å². The summed E-state index contributed by atoms with van der Waals surface area (Å²) in [5.74, 6) is -0.763. The number of ether oxygens (including phenoxy) is 1. The minimum absolute atomic E-state index is 0.0468. The summed E-state index contributed by atoms with van der Waals surface area (Å²) in [5.41, 5.74) is 0.493. The molecular formula is C21H29N3O4S. The summed E-state index contributed by atoms with van der Waals surface area (Å²) in [4.78, 5) is 42.1. The molecular weight excluding hydrogens is 390 g/mol. The SMILES string of the molecule is CC[C@H](C)[C@H](NC(=O)CSc1nc2ccccc2c(=O)n1[C@@H](C)CC)C(=O)OC. The largest absolute Gasteiger partial charge is 0.467 e. The molecule has 0 fully saturated rings. The number of para-hydroxylation sites is 1. The van der Waals surface area contributed by atoms with Crippen LogP contribution in [-0.4, -0.2) is 40.3 Å². The normalized spacial score (nSPS) is 14.2. The van der Waals surface area contributed by atoms with Crippen LogP contribution in [0.1, 0.15) is 46.6 Å². The predicted molar refractivity (Wildman–Crippen MR) is 115 cm³/mol. The maximum atomic E-state index is 13.0. The van der Waals surface area contributed by atoms with E-state index in [-0.39, 0.29) is 29.2 Å². The summed E-state index contributed by atoms with van der Waals surface area (Å²) in [7, 11) is 1.31. The van der Waals surface area contributed by atoms with Crippen LogP contribution in [0.25, 0.3) is 10.9 Å². The molecule has 0 aliphatic heterocycles. The average molecular weight is 420 g/mol. The van der Waals surface area contributed by atoms with Gasteiger partial charge in [-0.25, -0.2) is 9.78 Å². The summed E-state index contributed by atoms with van der Waals surface area (Å²) in [6.45, 7) is 7.80. The first-order valence-electron chi connectivity index (χ1n) is 9.85. The Morgan fingerprint density at radius 1 is 1.21 bits per heavy atom. The molecule has 0 aliphatic rings. The van der Waals surface area contributed by atoms with Crippen molar-refractivity contribution in [3.05, 3.63) is 34.6 Å². The molecule has 1 amide bonds. The van der Waals surface area contributed by atoms with Gasteiger partial charge in [0, 0.05) is 6.04 Å². The lowest BCUT2D eigenvalue weighted by Gasteiger charge is -2.22. The van der Waals surface area contributed by atoms with Gasteiger partial charge in [-0.2, -0.15) is 0 Å². The highest BCUT2D eigenvalue weighted by Crippen LogP contribution is 2.22. The van der Waals surface area contributed by atoms with Gasteiger partial charge in [-0.3, -0.25) is 14.2 Å². The average Bonchev–Trinajstić information content (AvgIpc) is 2.74. The zero-order valence-corrected chi connectivity index (χ0v) is 18.4. The number of nitrogens with zero attached hydrogens (tertiary/aromatic N) is 2. The van der Waals surface area contributed by atoms with Gasteiger partial charge in [0.25, 0.3) is 5.56 Å². The molecule has 0 spiro atoms. The van der Waals surface area contributed by atoms with Gasteiger partial charge in [0.15, 0.2) is 5.16 Å². The van der Waals surface area contributed by atoms with Gasteiger partial charge in [-0.15, -0.1) is 0 Å². The number of methoxy groups -OCH3 is 1. The smallest absolute Gasteiger partial charge is 0.328 e. The predicted octanol–water partition coefficient (Wildman–Crippen LogP) is 3.16. The van der Waals surface area contributed by atoms with Crippen molar-refractivity contribution >= 4 is 34.5 Å². The van der Waals surface area contributed by atoms with E-state index >= 15 is 0 Å². The van der Waals surface area contributed by atoms with E-state index in [2.05, 4.69) is 10.3 Å². The molecule has 8 heteroatoms. The first-order valence-corrected chi connectivity index (χ1v) is 10.8. The fourth-order valence-corrected chi connectivity index (χ4v) is 3.85. The van der Waals surface area contributed by atoms with Crippen LogP contribution in [0.2, 0.25) is 0 Å². The Bertz CT molecular complexity index is 928. The molecule has 1 aromatic heterocycles. The lowest BCUT2D eigenvalue weighted by molar-refractivity contribution is -0.146. The number of thioether (sulfide) groups is 1. The van der Waals surface area contributed by atoms with E-state index in [0.717, 1.165) is 12.8 Å². The van der Waals surface area contributed by atoms with Gasteiger partial charge in [-0.05, 0) is 31.4 Å². The zero-order chi connectivity index (χ0) is 21.6. The molecule has 0 bridgehead atoms. The number of nitrogens with one attached hydrogen (secondary N) is 1. The summed E-state index contributed by atoms with van der Waals surface area (Å²) < 4.78 is 6.46. The third kappa shape index (κ3) is 5.38. The molecule has 7 nitrogen and oxygen atoms in total. The van der Waals surface area contributed by atoms with Crippen molar-refractivity contribution in [1.29, 1.82) is 0 Å². The molecule has 1 N–H and O–H groups in total. The van der Waals surface area contributed by atoms with Crippen LogP contribution >= 0.6 is 11.8 Å². The van der Waals surface area contributed by atoms with Crippen molar-refractivity contribution in [2.75, 3.05) is 12.9 Å². The van der Waals surface area contributed by atoms with E-state index < -0.39 is 12.0 Å². The minimum Gasteiger partial charge on any atom is -0.467 e. The molecule has 0 saturated carbocycles. The van der Waals surface area contributed by atoms with Crippen molar-refractivity contribution in [2.45, 2.75) is 57.8 Å². The van der Waals surface area contributed by atoms with Gasteiger partial charge < -0.3 is 10.1 Å². The van der Waals surface area contributed by atoms with Gasteiger partial charge in [0.05, 0.1) is 23.8 Å². The van der Waals surface area contributed by atoms with Crippen LogP contribution in [-0.2, 0) is 14.3 Å². The first kappa shape index (κ1) is 22.9. The number of hydrogen-bond acceptors (Lipinski definition) is 6. The topological polar surface area (TPSA) is 90.3 Å². The van der Waals surface area contributed by atoms with Gasteiger partial charge >= 0.3 is 5.97 Å². The highest BCUT2D eigenvalue weighted by molar-refractivity contribution is 7.99. The Labute approximate surface area is 175 Å². The zero-order valence-electron chi connectivity index (χ0n) is 17.6. The molecule has 1 aromatic carbocycles. The lowest BCUT2D eigenvalue weighted by Crippen LogP contribution is -2.46. The van der Waals surface area contributed by atoms with Crippen molar-refractivity contribution in [3.63, 3.8) is 0 Å². The second-order valence-electron chi connectivity index (χ2n) is 7.09. The number of esters is 1. The van der Waals surface area contributed by atoms with E-state index in [4.69, 9.17) is 4.74 Å². The van der Waals surface area contributed by atoms with Gasteiger partial charge in [-0.1, -0.05) is 51.1 Å². The van der Waals surface area contributed by atoms with E-state index in [9.17, 15) is 14.4 Å². The standard InChI is InChI=1S/C21H29N3O4S/c1-6-13(3)18(20(27)28-5)23-17(25)12-29-21-22-16-11-9-8-10-15(16)19(26)24(21)14(4)7-2/h8-11,13-14,18H,6-7,12H2,1-5H3,(H,23,25)/t13-,14-,18-/m0/s1. The fraction of sp³-hybridized carbons (Fsp3) is 0.524. The van der Waals surface area contributed by atoms with Gasteiger partial charge in [0.2, 0.25) is 5.91 Å². The van der Waals surface area contributed by atoms with Crippen LogP contribution in [0.3, 0.4) is 0 Å². The summed E-state index contributed by atoms with van der Waals surface area (Å²) in [6.07, 6.45) is 1.49. The molecule has 2 aromatic rings. The molecule has 3 atom stereocenters. The maximum Gasteiger partial charge on any atom is 0.328 e. The van der Waals surface area contributed by atoms with Crippen molar-refractivity contribution in [2.24, 2.45) is 5.92 Å². The second-order valence-corrected chi connectivity index (χ2v) is 8.03. The van der Waals surface area contributed by atoms with Crippen LogP contribution in [0.4, 0.5) is 0 Å². The number of aromatic nitrogens is 2. The molecule has 1 heterocycles. The van der Waals surface area contributed by atoms with Crippen LogP contribution < -0.4 is 10.9 Å². The van der Waals surface area contributed by atoms with E-state index in [1.54, 1.807) is 16.7 Å². The second kappa shape index (κ2) is 10.4. The van der Waals surface area contributed by atoms with Crippen molar-refractivity contribution in [1.82, 2.24) is 14.9 Å². The summed E-state index contributed by atoms with van der Waals surface area (Å²) in [6, 6.07) is 6.45. The Morgan fingerprint density at radius 3 is 2.52 bits per heavy atom. The first-order chi connectivity index (χ1) is 13.8. The van der Waals surface area contributed by atoms with Crippen LogP contribution in [0.15, 0.2) is 34.2 Å². The summed E-state index contributed by atoms with van der Waals surface area (Å²) >= 11 is 1.20. The molecule has 0 radical (unpaired) electrons. The monoisotopic (exact) mass is 419 g/mol. The fourth-order valence-electron chi connectivity index (χ4n) is 2.94. The third-order valence-corrected chi connectivity index (χ3v) is 6.08. The van der Waals surface area contributed by atoms with Crippen molar-refractivity contribution in [3.8, 4) is 0 Å². The summed E-state index contributed by atoms with van der Waals surface area (Å²) in [5, 5.41) is 3.81. The van der Waals surface area contributed by atoms with E-state index in [1.807, 2.05) is 39.8 Å². The molecule has 0 unspecified atom stereocenters. The minimum atomic E-state index is -0.695. The Balaban J connectivity index is 2.26. The number of rotatable bonds is 9. The number of carbonyl (C=O) groups excluding carboxylic acids is 2. The number of fused-ring (bicyclic) bond motifs is 1. The molecule has 0 saturated heterocycles. The molecule has 29 heavy (non-hydrogen) atoms. The highest BCUT2D eigenvalue weighted by Gasteiger charge is 2.27. The van der Waals surface area contributed by atoms with Crippen molar-refractivity contribution < 1.29 is 14.3 Å². The Hall–Kier alpha value is -2.35. The lowest BCUT2D eigenvalue weighted by atomic mass is 9.99. The maximum absolute atomic E-state index is 13.0. The number of amides is 1. The van der Waals surface area contributed by atoms with Crippen LogP contribution in [0, 0.1) is 5.92 Å². The van der Waals surface area contributed by atoms with E-state index in [1.165, 1.54) is 18.9 Å². The quantitative estimate of drug-likeness (QED) is 0.381. The number of benzene rings is 1. The Kier molecular flexibility index (Phi) is 8.25. The van der Waals surface area contributed by atoms with Gasteiger partial charge in [0.1, 0.15) is 6.04 Å². The molecule has 158 valence electrons. The number of hydrogen-bond donors (Lipinski definition) is 1. The third-order valence-electron chi connectivity index (χ3n) is 5.12. The molecule has 2 rings (SSSR count). The Morgan fingerprint density at radius 2 is 1.90 bits per heavy atom. The number of carbonyl (C=O) groups is 2. The van der Waals surface area contributed by atoms with E-state index in [0.29, 0.717) is 16.1 Å². The molecule has 0 aliphatic carbocycles.